The molecule has 1 saturated heterocycles. The van der Waals surface area contributed by atoms with Crippen LogP contribution in [0, 0.1) is 0 Å². The van der Waals surface area contributed by atoms with Crippen molar-refractivity contribution >= 4 is 23.5 Å². The molecule has 0 spiro atoms. The molecule has 1 aliphatic heterocycles. The van der Waals surface area contributed by atoms with E-state index in [1.165, 1.54) is 18.9 Å². The Kier molecular flexibility index (Phi) is 4.57. The topological polar surface area (TPSA) is 75.7 Å². The zero-order valence-electron chi connectivity index (χ0n) is 12.1. The quantitative estimate of drug-likeness (QED) is 0.864. The van der Waals surface area contributed by atoms with E-state index in [0.29, 0.717) is 24.2 Å². The van der Waals surface area contributed by atoms with Gasteiger partial charge in [-0.15, -0.1) is 0 Å². The first-order valence-electron chi connectivity index (χ1n) is 6.79. The number of Topliss-reactive ketones (excluding diaryl/α,β-unsaturated/α-hetero) is 1. The van der Waals surface area contributed by atoms with Crippen LogP contribution in [0.4, 0.5) is 10.5 Å². The molecule has 112 valence electrons. The molecule has 0 bridgehead atoms. The Hall–Kier alpha value is -2.37. The Morgan fingerprint density at radius 2 is 2.10 bits per heavy atom. The van der Waals surface area contributed by atoms with Crippen molar-refractivity contribution in [3.63, 3.8) is 0 Å². The molecule has 2 amide bonds. The van der Waals surface area contributed by atoms with E-state index in [1.54, 1.807) is 24.3 Å². The number of carbonyl (C=O) groups excluding carboxylic acids is 3. The second-order valence-electron chi connectivity index (χ2n) is 4.95. The lowest BCUT2D eigenvalue weighted by Gasteiger charge is -2.22. The number of carbonyl (C=O) groups is 3. The number of nitrogens with one attached hydrogen (secondary N) is 1. The maximum absolute atomic E-state index is 12.3. The molecular weight excluding hydrogens is 272 g/mol. The van der Waals surface area contributed by atoms with Crippen molar-refractivity contribution in [1.29, 1.82) is 0 Å². The van der Waals surface area contributed by atoms with Gasteiger partial charge in [0.25, 0.3) is 0 Å². The van der Waals surface area contributed by atoms with E-state index in [0.717, 1.165) is 6.42 Å². The molecule has 0 aromatic heterocycles. The summed E-state index contributed by atoms with van der Waals surface area (Å²) in [6, 6.07) is 6.20. The van der Waals surface area contributed by atoms with Crippen molar-refractivity contribution in [2.45, 2.75) is 25.8 Å². The predicted molar refractivity (Wildman–Crippen MR) is 77.2 cm³/mol. The van der Waals surface area contributed by atoms with E-state index in [1.807, 2.05) is 0 Å². The third-order valence-corrected chi connectivity index (χ3v) is 3.50. The second kappa shape index (κ2) is 6.39. The molecule has 1 unspecified atom stereocenters. The number of hydrogen-bond donors (Lipinski definition) is 1. The van der Waals surface area contributed by atoms with Gasteiger partial charge in [-0.1, -0.05) is 12.1 Å². The highest BCUT2D eigenvalue weighted by Gasteiger charge is 2.34. The minimum atomic E-state index is -0.529. The Balaban J connectivity index is 2.09. The molecule has 0 aliphatic carbocycles. The van der Waals surface area contributed by atoms with Crippen LogP contribution in [0.25, 0.3) is 0 Å². The van der Waals surface area contributed by atoms with Crippen molar-refractivity contribution in [2.75, 3.05) is 19.0 Å². The van der Waals surface area contributed by atoms with Gasteiger partial charge in [-0.25, -0.2) is 4.79 Å². The molecule has 1 aromatic carbocycles. The summed E-state index contributed by atoms with van der Waals surface area (Å²) in [4.78, 5) is 36.6. The molecule has 1 aliphatic rings. The summed E-state index contributed by atoms with van der Waals surface area (Å²) in [6.07, 6.45) is 0.874. The molecule has 6 heteroatoms. The van der Waals surface area contributed by atoms with Gasteiger partial charge < -0.3 is 10.1 Å². The minimum absolute atomic E-state index is 0.0665. The first kappa shape index (κ1) is 15.0. The van der Waals surface area contributed by atoms with Crippen molar-refractivity contribution in [3.05, 3.63) is 29.8 Å². The highest BCUT2D eigenvalue weighted by atomic mass is 16.5. The lowest BCUT2D eigenvalue weighted by molar-refractivity contribution is -0.119. The van der Waals surface area contributed by atoms with Gasteiger partial charge in [-0.2, -0.15) is 0 Å². The predicted octanol–water partition coefficient (Wildman–Crippen LogP) is 2.06. The number of methoxy groups -OCH3 is 1. The average molecular weight is 290 g/mol. The lowest BCUT2D eigenvalue weighted by atomic mass is 10.1. The SMILES string of the molecule is COC(=O)N1CCCC1C(=O)Nc1cccc(C(C)=O)c1. The first-order valence-corrected chi connectivity index (χ1v) is 6.79. The van der Waals surface area contributed by atoms with Gasteiger partial charge in [0.1, 0.15) is 6.04 Å². The monoisotopic (exact) mass is 290 g/mol. The summed E-state index contributed by atoms with van der Waals surface area (Å²) in [5.41, 5.74) is 1.08. The van der Waals surface area contributed by atoms with Crippen LogP contribution < -0.4 is 5.32 Å². The van der Waals surface area contributed by atoms with Crippen LogP contribution in [-0.4, -0.2) is 42.4 Å². The number of ether oxygens (including phenoxy) is 1. The largest absolute Gasteiger partial charge is 0.453 e. The maximum Gasteiger partial charge on any atom is 0.410 e. The Labute approximate surface area is 123 Å². The summed E-state index contributed by atoms with van der Waals surface area (Å²) >= 11 is 0. The van der Waals surface area contributed by atoms with E-state index in [-0.39, 0.29) is 11.7 Å². The van der Waals surface area contributed by atoms with Crippen LogP contribution in [0.2, 0.25) is 0 Å². The zero-order chi connectivity index (χ0) is 15.4. The average Bonchev–Trinajstić information content (AvgIpc) is 2.96. The third-order valence-electron chi connectivity index (χ3n) is 3.50. The normalized spacial score (nSPS) is 17.4. The van der Waals surface area contributed by atoms with Gasteiger partial charge in [0, 0.05) is 17.8 Å². The lowest BCUT2D eigenvalue weighted by Crippen LogP contribution is -2.43. The maximum atomic E-state index is 12.3. The molecule has 1 atom stereocenters. The van der Waals surface area contributed by atoms with E-state index in [4.69, 9.17) is 0 Å². The summed E-state index contributed by atoms with van der Waals surface area (Å²) in [5, 5.41) is 2.75. The highest BCUT2D eigenvalue weighted by molar-refractivity contribution is 5.99. The van der Waals surface area contributed by atoms with Crippen molar-refractivity contribution in [3.8, 4) is 0 Å². The smallest absolute Gasteiger partial charge is 0.410 e. The Morgan fingerprint density at radius 1 is 1.33 bits per heavy atom. The van der Waals surface area contributed by atoms with Crippen LogP contribution in [0.15, 0.2) is 24.3 Å². The fraction of sp³-hybridized carbons (Fsp3) is 0.400. The van der Waals surface area contributed by atoms with Crippen molar-refractivity contribution in [1.82, 2.24) is 4.90 Å². The second-order valence-corrected chi connectivity index (χ2v) is 4.95. The van der Waals surface area contributed by atoms with E-state index in [9.17, 15) is 14.4 Å². The van der Waals surface area contributed by atoms with Gasteiger partial charge in [0.05, 0.1) is 7.11 Å². The molecule has 1 aromatic rings. The number of anilines is 1. The van der Waals surface area contributed by atoms with E-state index >= 15 is 0 Å². The number of amides is 2. The Morgan fingerprint density at radius 3 is 2.76 bits per heavy atom. The van der Waals surface area contributed by atoms with E-state index in [2.05, 4.69) is 10.1 Å². The molecule has 0 radical (unpaired) electrons. The van der Waals surface area contributed by atoms with E-state index < -0.39 is 12.1 Å². The number of rotatable bonds is 3. The molecule has 1 fully saturated rings. The number of nitrogens with zero attached hydrogens (tertiary/aromatic N) is 1. The number of hydrogen-bond acceptors (Lipinski definition) is 4. The fourth-order valence-corrected chi connectivity index (χ4v) is 2.42. The standard InChI is InChI=1S/C15H18N2O4/c1-10(18)11-5-3-6-12(9-11)16-14(19)13-7-4-8-17(13)15(20)21-2/h3,5-6,9,13H,4,7-8H2,1-2H3,(H,16,19). The van der Waals surface area contributed by atoms with Crippen LogP contribution in [-0.2, 0) is 9.53 Å². The van der Waals surface area contributed by atoms with Gasteiger partial charge in [0.2, 0.25) is 5.91 Å². The molecule has 0 saturated carbocycles. The van der Waals surface area contributed by atoms with Gasteiger partial charge in [-0.3, -0.25) is 14.5 Å². The number of benzene rings is 1. The number of likely N-dealkylation sites (tertiary alicyclic amines) is 1. The fourth-order valence-electron chi connectivity index (χ4n) is 2.42. The van der Waals surface area contributed by atoms with Gasteiger partial charge >= 0.3 is 6.09 Å². The Bertz CT molecular complexity index is 571. The summed E-state index contributed by atoms with van der Waals surface area (Å²) < 4.78 is 4.68. The molecule has 1 heterocycles. The van der Waals surface area contributed by atoms with Crippen LogP contribution in [0.1, 0.15) is 30.1 Å². The zero-order valence-corrected chi connectivity index (χ0v) is 12.1. The molecule has 6 nitrogen and oxygen atoms in total. The van der Waals surface area contributed by atoms with Crippen LogP contribution >= 0.6 is 0 Å². The summed E-state index contributed by atoms with van der Waals surface area (Å²) in [7, 11) is 1.30. The molecular formula is C15H18N2O4. The van der Waals surface area contributed by atoms with Crippen LogP contribution in [0.5, 0.6) is 0 Å². The number of ketones is 1. The minimum Gasteiger partial charge on any atom is -0.453 e. The van der Waals surface area contributed by atoms with Gasteiger partial charge in [-0.05, 0) is 31.9 Å². The molecule has 21 heavy (non-hydrogen) atoms. The summed E-state index contributed by atoms with van der Waals surface area (Å²) in [6.45, 7) is 1.98. The van der Waals surface area contributed by atoms with Gasteiger partial charge in [0.15, 0.2) is 5.78 Å². The van der Waals surface area contributed by atoms with Crippen molar-refractivity contribution < 1.29 is 19.1 Å². The first-order chi connectivity index (χ1) is 10.0. The molecule has 2 rings (SSSR count). The van der Waals surface area contributed by atoms with Crippen molar-refractivity contribution in [2.24, 2.45) is 0 Å². The molecule has 1 N–H and O–H groups in total. The summed E-state index contributed by atoms with van der Waals surface area (Å²) in [5.74, 6) is -0.332. The highest BCUT2D eigenvalue weighted by Crippen LogP contribution is 2.20. The third kappa shape index (κ3) is 3.39. The van der Waals surface area contributed by atoms with Crippen LogP contribution in [0.3, 0.4) is 0 Å².